The summed E-state index contributed by atoms with van der Waals surface area (Å²) < 4.78 is 8.30. The highest BCUT2D eigenvalue weighted by atomic mass is 32.2. The molecule has 3 aromatic carbocycles. The van der Waals surface area contributed by atoms with Gasteiger partial charge in [-0.2, -0.15) is 0 Å². The van der Waals surface area contributed by atoms with Gasteiger partial charge in [0.2, 0.25) is 5.13 Å². The number of ether oxygens (including phenoxy) is 1. The van der Waals surface area contributed by atoms with Gasteiger partial charge in [0.15, 0.2) is 10.1 Å². The fourth-order valence-electron chi connectivity index (χ4n) is 5.90. The quantitative estimate of drug-likeness (QED) is 0.0553. The molecule has 1 saturated heterocycles. The lowest BCUT2D eigenvalue weighted by Crippen LogP contribution is -2.29. The zero-order valence-corrected chi connectivity index (χ0v) is 27.6. The first kappa shape index (κ1) is 30.6. The van der Waals surface area contributed by atoms with E-state index in [1.54, 1.807) is 24.3 Å². The van der Waals surface area contributed by atoms with Crippen molar-refractivity contribution in [2.24, 2.45) is 0 Å². The summed E-state index contributed by atoms with van der Waals surface area (Å²) in [5.74, 6) is -0.612. The normalized spacial score (nSPS) is 16.1. The van der Waals surface area contributed by atoms with Crippen LogP contribution in [0.1, 0.15) is 47.5 Å². The summed E-state index contributed by atoms with van der Waals surface area (Å²) in [6, 6.07) is 24.5. The van der Waals surface area contributed by atoms with Crippen LogP contribution < -0.4 is 9.64 Å². The van der Waals surface area contributed by atoms with Crippen LogP contribution in [0.25, 0.3) is 22.2 Å². The second-order valence-electron chi connectivity index (χ2n) is 11.3. The standard InChI is InChI=1S/C36H31N5O4S2/c1-4-19-45-26-16-14-24(15-17-26)30-28(31(42)29-22(3)40-18-8-9-21(2)33(40)37-29)32(43)34(44)41(30)35-38-39-36(47-35)46-20-25-12-7-11-23-10-5-6-13-27(23)25/h5-18,30,42H,4,19-20H2,1-3H3. The number of amides is 1. The van der Waals surface area contributed by atoms with Crippen LogP contribution in [0.2, 0.25) is 0 Å². The number of thioether (sulfide) groups is 1. The van der Waals surface area contributed by atoms with Gasteiger partial charge in [-0.3, -0.25) is 14.5 Å². The number of benzene rings is 3. The number of nitrogens with zero attached hydrogens (tertiary/aromatic N) is 5. The maximum atomic E-state index is 13.8. The van der Waals surface area contributed by atoms with Crippen molar-refractivity contribution in [1.29, 1.82) is 0 Å². The van der Waals surface area contributed by atoms with Crippen molar-refractivity contribution in [2.75, 3.05) is 11.5 Å². The Morgan fingerprint density at radius 1 is 0.979 bits per heavy atom. The molecule has 0 radical (unpaired) electrons. The molecule has 1 aliphatic heterocycles. The number of hydrogen-bond donors (Lipinski definition) is 1. The third-order valence-electron chi connectivity index (χ3n) is 8.25. The fourth-order valence-corrected chi connectivity index (χ4v) is 7.77. The van der Waals surface area contributed by atoms with Crippen molar-refractivity contribution in [2.45, 2.75) is 43.3 Å². The van der Waals surface area contributed by atoms with Crippen LogP contribution in [-0.2, 0) is 15.3 Å². The Hall–Kier alpha value is -5.00. The molecule has 1 N–H and O–H groups in total. The number of carbonyl (C=O) groups excluding carboxylic acids is 2. The lowest BCUT2D eigenvalue weighted by Gasteiger charge is -2.22. The molecular weight excluding hydrogens is 631 g/mol. The fraction of sp³-hybridized carbons (Fsp3) is 0.194. The van der Waals surface area contributed by atoms with E-state index in [-0.39, 0.29) is 22.2 Å². The zero-order valence-electron chi connectivity index (χ0n) is 26.0. The first-order valence-electron chi connectivity index (χ1n) is 15.3. The minimum atomic E-state index is -0.954. The Kier molecular flexibility index (Phi) is 8.25. The lowest BCUT2D eigenvalue weighted by atomic mass is 9.96. The number of rotatable bonds is 9. The number of hydrogen-bond acceptors (Lipinski definition) is 9. The van der Waals surface area contributed by atoms with Gasteiger partial charge in [-0.1, -0.05) is 90.7 Å². The van der Waals surface area contributed by atoms with Gasteiger partial charge in [-0.25, -0.2) is 4.98 Å². The Labute approximate surface area is 279 Å². The number of Topliss-reactive ketones (excluding diaryl/α,β-unsaturated/α-hetero) is 1. The van der Waals surface area contributed by atoms with Gasteiger partial charge < -0.3 is 14.2 Å². The first-order chi connectivity index (χ1) is 22.9. The van der Waals surface area contributed by atoms with Gasteiger partial charge in [0.1, 0.15) is 17.1 Å². The second kappa shape index (κ2) is 12.7. The van der Waals surface area contributed by atoms with Crippen LogP contribution in [-0.4, -0.2) is 43.0 Å². The molecule has 1 atom stereocenters. The number of ketones is 1. The van der Waals surface area contributed by atoms with Gasteiger partial charge in [0.25, 0.3) is 5.78 Å². The number of imidazole rings is 1. The van der Waals surface area contributed by atoms with Gasteiger partial charge in [0.05, 0.1) is 23.9 Å². The molecule has 3 aromatic heterocycles. The second-order valence-corrected chi connectivity index (χ2v) is 13.5. The van der Waals surface area contributed by atoms with Crippen molar-refractivity contribution in [3.8, 4) is 5.75 Å². The molecule has 236 valence electrons. The average molecular weight is 662 g/mol. The van der Waals surface area contributed by atoms with Crippen LogP contribution in [0.5, 0.6) is 5.75 Å². The highest BCUT2D eigenvalue weighted by Gasteiger charge is 2.49. The number of aryl methyl sites for hydroxylation is 2. The summed E-state index contributed by atoms with van der Waals surface area (Å²) in [7, 11) is 0. The summed E-state index contributed by atoms with van der Waals surface area (Å²) in [5, 5.41) is 23.1. The van der Waals surface area contributed by atoms with Gasteiger partial charge >= 0.3 is 5.91 Å². The third kappa shape index (κ3) is 5.55. The Morgan fingerprint density at radius 3 is 2.55 bits per heavy atom. The summed E-state index contributed by atoms with van der Waals surface area (Å²) in [5.41, 5.74) is 4.19. The summed E-state index contributed by atoms with van der Waals surface area (Å²) in [4.78, 5) is 33.6. The van der Waals surface area contributed by atoms with Crippen LogP contribution in [0.15, 0.2) is 95.0 Å². The molecule has 1 unspecified atom stereocenters. The number of anilines is 1. The zero-order chi connectivity index (χ0) is 32.7. The summed E-state index contributed by atoms with van der Waals surface area (Å²) >= 11 is 2.75. The van der Waals surface area contributed by atoms with Crippen molar-refractivity contribution < 1.29 is 19.4 Å². The molecule has 0 saturated carbocycles. The highest BCUT2D eigenvalue weighted by Crippen LogP contribution is 2.44. The van der Waals surface area contributed by atoms with Gasteiger partial charge in [0, 0.05) is 11.9 Å². The van der Waals surface area contributed by atoms with E-state index in [0.717, 1.165) is 22.9 Å². The van der Waals surface area contributed by atoms with Crippen molar-refractivity contribution in [3.63, 3.8) is 0 Å². The van der Waals surface area contributed by atoms with E-state index >= 15 is 0 Å². The largest absolute Gasteiger partial charge is 0.505 e. The molecule has 11 heteroatoms. The number of aliphatic hydroxyl groups excluding tert-OH is 1. The number of fused-ring (bicyclic) bond motifs is 2. The van der Waals surface area contributed by atoms with Crippen molar-refractivity contribution >= 4 is 62.1 Å². The maximum Gasteiger partial charge on any atom is 0.301 e. The Bertz CT molecular complexity index is 2180. The summed E-state index contributed by atoms with van der Waals surface area (Å²) in [6.07, 6.45) is 2.71. The van der Waals surface area contributed by atoms with Crippen LogP contribution >= 0.6 is 23.1 Å². The van der Waals surface area contributed by atoms with E-state index in [0.29, 0.717) is 39.4 Å². The molecule has 1 amide bonds. The minimum absolute atomic E-state index is 0.0541. The Morgan fingerprint density at radius 2 is 1.77 bits per heavy atom. The predicted molar refractivity (Wildman–Crippen MR) is 185 cm³/mol. The SMILES string of the molecule is CCCOc1ccc(C2C(=C(O)c3nc4c(C)cccn4c3C)C(=O)C(=O)N2c2nnc(SCc3cccc4ccccc34)s2)cc1. The van der Waals surface area contributed by atoms with E-state index in [9.17, 15) is 14.7 Å². The molecule has 4 heterocycles. The topological polar surface area (TPSA) is 110 Å². The highest BCUT2D eigenvalue weighted by molar-refractivity contribution is 8.00. The Balaban J connectivity index is 1.28. The summed E-state index contributed by atoms with van der Waals surface area (Å²) in [6.45, 7) is 6.34. The lowest BCUT2D eigenvalue weighted by molar-refractivity contribution is -0.132. The van der Waals surface area contributed by atoms with Crippen LogP contribution in [0.4, 0.5) is 5.13 Å². The molecule has 6 aromatic rings. The average Bonchev–Trinajstić information content (AvgIpc) is 3.77. The monoisotopic (exact) mass is 661 g/mol. The molecule has 9 nitrogen and oxygen atoms in total. The number of aliphatic hydroxyl groups is 1. The molecular formula is C36H31N5O4S2. The van der Waals surface area contributed by atoms with Crippen LogP contribution in [0.3, 0.4) is 0 Å². The number of aromatic nitrogens is 4. The molecule has 1 aliphatic rings. The molecule has 0 spiro atoms. The minimum Gasteiger partial charge on any atom is -0.505 e. The third-order valence-corrected chi connectivity index (χ3v) is 10.4. The smallest absolute Gasteiger partial charge is 0.301 e. The van der Waals surface area contributed by atoms with E-state index < -0.39 is 17.7 Å². The van der Waals surface area contributed by atoms with E-state index in [2.05, 4.69) is 34.5 Å². The van der Waals surface area contributed by atoms with E-state index in [1.807, 2.05) is 61.7 Å². The maximum absolute atomic E-state index is 13.8. The number of pyridine rings is 1. The van der Waals surface area contributed by atoms with Crippen molar-refractivity contribution in [3.05, 3.63) is 119 Å². The molecule has 1 fully saturated rings. The van der Waals surface area contributed by atoms with Crippen LogP contribution in [0, 0.1) is 13.8 Å². The number of carbonyl (C=O) groups is 2. The van der Waals surface area contributed by atoms with Crippen molar-refractivity contribution in [1.82, 2.24) is 19.6 Å². The molecule has 0 aliphatic carbocycles. The van der Waals surface area contributed by atoms with E-state index in [1.165, 1.54) is 33.4 Å². The predicted octanol–water partition coefficient (Wildman–Crippen LogP) is 7.66. The first-order valence-corrected chi connectivity index (χ1v) is 17.1. The molecule has 0 bridgehead atoms. The molecule has 7 rings (SSSR count). The van der Waals surface area contributed by atoms with Gasteiger partial charge in [-0.05, 0) is 65.9 Å². The molecule has 47 heavy (non-hydrogen) atoms. The van der Waals surface area contributed by atoms with Gasteiger partial charge in [-0.15, -0.1) is 10.2 Å². The van der Waals surface area contributed by atoms with E-state index in [4.69, 9.17) is 9.72 Å².